The van der Waals surface area contributed by atoms with Gasteiger partial charge in [-0.2, -0.15) is 0 Å². The monoisotopic (exact) mass is 497 g/mol. The molecule has 0 radical (unpaired) electrons. The molecule has 9 heteroatoms. The zero-order valence-corrected chi connectivity index (χ0v) is 19.6. The van der Waals surface area contributed by atoms with Crippen LogP contribution in [0.25, 0.3) is 16.4 Å². The van der Waals surface area contributed by atoms with Crippen molar-refractivity contribution in [2.45, 2.75) is 20.4 Å². The van der Waals surface area contributed by atoms with Crippen molar-refractivity contribution in [1.29, 1.82) is 0 Å². The maximum atomic E-state index is 12.7. The van der Waals surface area contributed by atoms with Crippen molar-refractivity contribution in [3.05, 3.63) is 74.8 Å². The number of ether oxygens (including phenoxy) is 1. The van der Waals surface area contributed by atoms with Crippen LogP contribution >= 0.6 is 27.3 Å². The summed E-state index contributed by atoms with van der Waals surface area (Å²) in [6, 6.07) is 15.4. The number of hydrogen-bond acceptors (Lipinski definition) is 6. The molecule has 2 heterocycles. The van der Waals surface area contributed by atoms with Crippen LogP contribution < -0.4 is 10.1 Å². The van der Waals surface area contributed by atoms with E-state index in [-0.39, 0.29) is 5.91 Å². The highest BCUT2D eigenvalue weighted by Gasteiger charge is 2.20. The number of nitrogens with one attached hydrogen (secondary N) is 1. The van der Waals surface area contributed by atoms with Crippen LogP contribution in [0.4, 0.5) is 0 Å². The molecule has 0 saturated heterocycles. The number of hydrogen-bond donors (Lipinski definition) is 1. The Morgan fingerprint density at radius 3 is 2.52 bits per heavy atom. The molecule has 0 aliphatic rings. The van der Waals surface area contributed by atoms with E-state index in [9.17, 15) is 4.79 Å². The molecule has 7 nitrogen and oxygen atoms in total. The highest BCUT2D eigenvalue weighted by atomic mass is 79.9. The largest absolute Gasteiger partial charge is 0.497 e. The van der Waals surface area contributed by atoms with E-state index in [2.05, 4.69) is 36.5 Å². The summed E-state index contributed by atoms with van der Waals surface area (Å²) in [5.74, 6) is 0.625. The Balaban J connectivity index is 1.53. The summed E-state index contributed by atoms with van der Waals surface area (Å²) < 4.78 is 7.96. The topological polar surface area (TPSA) is 81.9 Å². The lowest BCUT2D eigenvalue weighted by Gasteiger charge is -2.05. The molecule has 0 bridgehead atoms. The Morgan fingerprint density at radius 2 is 1.84 bits per heavy atom. The molecule has 2 aromatic carbocycles. The first kappa shape index (κ1) is 21.2. The molecule has 4 rings (SSSR count). The average molecular weight is 498 g/mol. The van der Waals surface area contributed by atoms with Gasteiger partial charge in [0, 0.05) is 11.0 Å². The van der Waals surface area contributed by atoms with Crippen molar-refractivity contribution in [3.63, 3.8) is 0 Å². The smallest absolute Gasteiger partial charge is 0.263 e. The van der Waals surface area contributed by atoms with E-state index in [0.29, 0.717) is 27.8 Å². The Hall–Kier alpha value is -3.04. The summed E-state index contributed by atoms with van der Waals surface area (Å²) in [5.41, 5.74) is 4.08. The van der Waals surface area contributed by atoms with E-state index in [0.717, 1.165) is 27.2 Å². The van der Waals surface area contributed by atoms with E-state index in [1.807, 2.05) is 62.4 Å². The summed E-state index contributed by atoms with van der Waals surface area (Å²) in [5, 5.41) is 12.2. The lowest BCUT2D eigenvalue weighted by molar-refractivity contribution is 0.0954. The highest BCUT2D eigenvalue weighted by Crippen LogP contribution is 2.29. The van der Waals surface area contributed by atoms with Gasteiger partial charge in [-0.15, -0.1) is 16.4 Å². The van der Waals surface area contributed by atoms with Gasteiger partial charge in [-0.1, -0.05) is 33.3 Å². The van der Waals surface area contributed by atoms with Crippen molar-refractivity contribution in [2.24, 2.45) is 0 Å². The second kappa shape index (κ2) is 8.99. The third-order valence-corrected chi connectivity index (χ3v) is 6.47. The number of methoxy groups -OCH3 is 1. The molecule has 0 aliphatic carbocycles. The fourth-order valence-electron chi connectivity index (χ4n) is 3.07. The van der Waals surface area contributed by atoms with E-state index < -0.39 is 0 Å². The number of thiazole rings is 1. The number of rotatable bonds is 6. The summed E-state index contributed by atoms with van der Waals surface area (Å²) in [6.07, 6.45) is 0. The van der Waals surface area contributed by atoms with Gasteiger partial charge < -0.3 is 10.1 Å². The molecule has 31 heavy (non-hydrogen) atoms. The van der Waals surface area contributed by atoms with Gasteiger partial charge in [0.1, 0.15) is 21.3 Å². The van der Waals surface area contributed by atoms with Crippen molar-refractivity contribution >= 4 is 33.2 Å². The number of halogens is 1. The van der Waals surface area contributed by atoms with Gasteiger partial charge in [0.05, 0.1) is 24.2 Å². The Kier molecular flexibility index (Phi) is 6.15. The van der Waals surface area contributed by atoms with Gasteiger partial charge in [0.2, 0.25) is 0 Å². The predicted molar refractivity (Wildman–Crippen MR) is 124 cm³/mol. The highest BCUT2D eigenvalue weighted by molar-refractivity contribution is 9.10. The van der Waals surface area contributed by atoms with Crippen molar-refractivity contribution in [1.82, 2.24) is 25.3 Å². The normalized spacial score (nSPS) is 10.8. The SMILES string of the molecule is COc1ccc(-n2nnc(-c3nc(C)c(C(=O)NCc4ccc(Br)cc4)s3)c2C)cc1. The van der Waals surface area contributed by atoms with Gasteiger partial charge in [0.15, 0.2) is 0 Å². The van der Waals surface area contributed by atoms with Crippen LogP contribution in [-0.4, -0.2) is 33.0 Å². The molecular formula is C22H20BrN5O2S. The number of benzene rings is 2. The van der Waals surface area contributed by atoms with Crippen molar-refractivity contribution in [3.8, 4) is 22.1 Å². The zero-order chi connectivity index (χ0) is 22.0. The Morgan fingerprint density at radius 1 is 1.13 bits per heavy atom. The maximum Gasteiger partial charge on any atom is 0.263 e. The fraction of sp³-hybridized carbons (Fsp3) is 0.182. The molecule has 158 valence electrons. The number of carbonyl (C=O) groups excluding carboxylic acids is 1. The van der Waals surface area contributed by atoms with Gasteiger partial charge in [-0.05, 0) is 55.8 Å². The molecule has 0 atom stereocenters. The second-order valence-corrected chi connectivity index (χ2v) is 8.79. The molecule has 0 spiro atoms. The lowest BCUT2D eigenvalue weighted by atomic mass is 10.2. The van der Waals surface area contributed by atoms with Crippen LogP contribution in [0.3, 0.4) is 0 Å². The summed E-state index contributed by atoms with van der Waals surface area (Å²) in [7, 11) is 1.63. The van der Waals surface area contributed by atoms with Gasteiger partial charge in [0.25, 0.3) is 5.91 Å². The van der Waals surface area contributed by atoms with E-state index >= 15 is 0 Å². The molecule has 0 saturated carbocycles. The first-order chi connectivity index (χ1) is 15.0. The van der Waals surface area contributed by atoms with Crippen LogP contribution in [0.15, 0.2) is 53.0 Å². The van der Waals surface area contributed by atoms with Crippen LogP contribution in [-0.2, 0) is 6.54 Å². The molecule has 0 aliphatic heterocycles. The average Bonchev–Trinajstić information content (AvgIpc) is 3.35. The number of aryl methyl sites for hydroxylation is 1. The minimum Gasteiger partial charge on any atom is -0.497 e. The predicted octanol–water partition coefficient (Wildman–Crippen LogP) is 4.71. The molecule has 0 fully saturated rings. The van der Waals surface area contributed by atoms with Crippen molar-refractivity contribution in [2.75, 3.05) is 7.11 Å². The minimum atomic E-state index is -0.149. The fourth-order valence-corrected chi connectivity index (χ4v) is 4.35. The van der Waals surface area contributed by atoms with Gasteiger partial charge in [-0.25, -0.2) is 9.67 Å². The van der Waals surface area contributed by atoms with E-state index in [4.69, 9.17) is 4.74 Å². The number of nitrogens with zero attached hydrogens (tertiary/aromatic N) is 4. The molecule has 1 amide bonds. The van der Waals surface area contributed by atoms with Crippen LogP contribution in [0.1, 0.15) is 26.6 Å². The van der Waals surface area contributed by atoms with Crippen molar-refractivity contribution < 1.29 is 9.53 Å². The van der Waals surface area contributed by atoms with Gasteiger partial charge >= 0.3 is 0 Å². The Labute approximate surface area is 192 Å². The molecule has 2 aromatic heterocycles. The molecule has 4 aromatic rings. The van der Waals surface area contributed by atoms with Crippen LogP contribution in [0.2, 0.25) is 0 Å². The first-order valence-electron chi connectivity index (χ1n) is 9.53. The summed E-state index contributed by atoms with van der Waals surface area (Å²) >= 11 is 4.73. The summed E-state index contributed by atoms with van der Waals surface area (Å²) in [6.45, 7) is 4.22. The third kappa shape index (κ3) is 4.52. The summed E-state index contributed by atoms with van der Waals surface area (Å²) in [4.78, 5) is 17.9. The molecule has 0 unspecified atom stereocenters. The maximum absolute atomic E-state index is 12.7. The second-order valence-electron chi connectivity index (χ2n) is 6.88. The molecule has 1 N–H and O–H groups in total. The first-order valence-corrected chi connectivity index (χ1v) is 11.1. The standard InChI is InChI=1S/C22H20BrN5O2S/c1-13-20(21(29)24-12-15-4-6-16(23)7-5-15)31-22(25-13)19-14(2)28(27-26-19)17-8-10-18(30-3)11-9-17/h4-11H,12H2,1-3H3,(H,24,29). The number of aromatic nitrogens is 4. The van der Waals surface area contributed by atoms with Gasteiger partial charge in [-0.3, -0.25) is 4.79 Å². The Bertz CT molecular complexity index is 1220. The number of amides is 1. The number of carbonyl (C=O) groups is 1. The quantitative estimate of drug-likeness (QED) is 0.417. The van der Waals surface area contributed by atoms with E-state index in [1.54, 1.807) is 11.8 Å². The third-order valence-electron chi connectivity index (χ3n) is 4.78. The van der Waals surface area contributed by atoms with Crippen LogP contribution in [0.5, 0.6) is 5.75 Å². The molecular weight excluding hydrogens is 478 g/mol. The zero-order valence-electron chi connectivity index (χ0n) is 17.2. The minimum absolute atomic E-state index is 0.149. The lowest BCUT2D eigenvalue weighted by Crippen LogP contribution is -2.22. The van der Waals surface area contributed by atoms with Crippen LogP contribution in [0, 0.1) is 13.8 Å². The van der Waals surface area contributed by atoms with E-state index in [1.165, 1.54) is 11.3 Å².